The maximum atomic E-state index is 12.9. The van der Waals surface area contributed by atoms with E-state index in [-0.39, 0.29) is 23.0 Å². The van der Waals surface area contributed by atoms with E-state index in [1.165, 1.54) is 11.3 Å². The number of carbonyl (C=O) groups excluding carboxylic acids is 1. The molecule has 8 heteroatoms. The van der Waals surface area contributed by atoms with Gasteiger partial charge in [-0.2, -0.15) is 5.10 Å². The van der Waals surface area contributed by atoms with Gasteiger partial charge in [-0.05, 0) is 40.5 Å². The molecule has 27 heavy (non-hydrogen) atoms. The Morgan fingerprint density at radius 2 is 2.07 bits per heavy atom. The maximum Gasteiger partial charge on any atom is 0.324 e. The van der Waals surface area contributed by atoms with Crippen LogP contribution in [0, 0.1) is 12.3 Å². The van der Waals surface area contributed by atoms with Gasteiger partial charge in [0, 0.05) is 48.0 Å². The van der Waals surface area contributed by atoms with Crippen LogP contribution in [0.25, 0.3) is 0 Å². The second-order valence-electron chi connectivity index (χ2n) is 8.60. The molecule has 0 aromatic carbocycles. The van der Waals surface area contributed by atoms with Crippen LogP contribution in [0.1, 0.15) is 50.1 Å². The fourth-order valence-corrected chi connectivity index (χ4v) is 4.74. The summed E-state index contributed by atoms with van der Waals surface area (Å²) in [6.45, 7) is 10.6. The molecular formula is C19H27N5O2S. The number of hydrogen-bond acceptors (Lipinski definition) is 5. The van der Waals surface area contributed by atoms with Gasteiger partial charge in [-0.15, -0.1) is 11.3 Å². The van der Waals surface area contributed by atoms with Crippen LogP contribution in [0.4, 0.5) is 9.93 Å². The highest BCUT2D eigenvalue weighted by Gasteiger charge is 2.56. The SMILES string of the molecule is Cc1cnc(NC(=O)N2CC3(CCOCC3)C2c2cnn(C(C)(C)C)c2)s1. The third-order valence-corrected chi connectivity index (χ3v) is 6.40. The molecule has 1 spiro atoms. The molecule has 0 radical (unpaired) electrons. The maximum absolute atomic E-state index is 12.9. The Hall–Kier alpha value is -1.93. The highest BCUT2D eigenvalue weighted by molar-refractivity contribution is 7.15. The molecule has 0 bridgehead atoms. The Kier molecular flexibility index (Phi) is 4.50. The number of thiazole rings is 1. The van der Waals surface area contributed by atoms with E-state index in [4.69, 9.17) is 4.74 Å². The summed E-state index contributed by atoms with van der Waals surface area (Å²) in [5, 5.41) is 8.17. The lowest BCUT2D eigenvalue weighted by Gasteiger charge is -2.58. The molecule has 1 atom stereocenters. The molecular weight excluding hydrogens is 362 g/mol. The van der Waals surface area contributed by atoms with E-state index in [0.717, 1.165) is 43.0 Å². The van der Waals surface area contributed by atoms with Crippen molar-refractivity contribution in [1.82, 2.24) is 19.7 Å². The minimum Gasteiger partial charge on any atom is -0.381 e. The lowest BCUT2D eigenvalue weighted by molar-refractivity contribution is -0.109. The Morgan fingerprint density at radius 3 is 2.67 bits per heavy atom. The zero-order valence-electron chi connectivity index (χ0n) is 16.4. The van der Waals surface area contributed by atoms with Crippen molar-refractivity contribution >= 4 is 22.5 Å². The summed E-state index contributed by atoms with van der Waals surface area (Å²) < 4.78 is 7.57. The summed E-state index contributed by atoms with van der Waals surface area (Å²) in [5.41, 5.74) is 1.10. The third kappa shape index (κ3) is 3.36. The van der Waals surface area contributed by atoms with Gasteiger partial charge in [-0.1, -0.05) is 0 Å². The van der Waals surface area contributed by atoms with Crippen LogP contribution in [0.5, 0.6) is 0 Å². The van der Waals surface area contributed by atoms with E-state index in [1.54, 1.807) is 6.20 Å². The van der Waals surface area contributed by atoms with Crippen LogP contribution in [-0.4, -0.2) is 45.5 Å². The number of nitrogens with one attached hydrogen (secondary N) is 1. The zero-order valence-corrected chi connectivity index (χ0v) is 17.2. The minimum atomic E-state index is -0.0880. The first-order valence-electron chi connectivity index (χ1n) is 9.41. The van der Waals surface area contributed by atoms with E-state index >= 15 is 0 Å². The summed E-state index contributed by atoms with van der Waals surface area (Å²) >= 11 is 1.49. The standard InChI is InChI=1S/C19H27N5O2S/c1-13-9-20-16(27-13)22-17(25)23-12-19(5-7-26-8-6-19)15(23)14-10-21-24(11-14)18(2,3)4/h9-11,15H,5-8,12H2,1-4H3,(H,20,22,25). The molecule has 2 aliphatic heterocycles. The van der Waals surface area contributed by atoms with E-state index in [1.807, 2.05) is 22.7 Å². The summed E-state index contributed by atoms with van der Waals surface area (Å²) in [6, 6.07) is -0.0615. The number of amides is 2. The topological polar surface area (TPSA) is 72.3 Å². The van der Waals surface area contributed by atoms with E-state index in [0.29, 0.717) is 5.13 Å². The molecule has 4 rings (SSSR count). The Bertz CT molecular complexity index is 831. The monoisotopic (exact) mass is 389 g/mol. The van der Waals surface area contributed by atoms with Crippen molar-refractivity contribution in [2.24, 2.45) is 5.41 Å². The van der Waals surface area contributed by atoms with Crippen molar-refractivity contribution in [1.29, 1.82) is 0 Å². The number of nitrogens with zero attached hydrogens (tertiary/aromatic N) is 4. The average molecular weight is 390 g/mol. The van der Waals surface area contributed by atoms with Crippen LogP contribution in [0.15, 0.2) is 18.6 Å². The number of likely N-dealkylation sites (tertiary alicyclic amines) is 1. The summed E-state index contributed by atoms with van der Waals surface area (Å²) in [6.07, 6.45) is 7.73. The van der Waals surface area contributed by atoms with Crippen LogP contribution < -0.4 is 5.32 Å². The molecule has 2 amide bonds. The van der Waals surface area contributed by atoms with Crippen molar-refractivity contribution in [3.05, 3.63) is 29.0 Å². The highest BCUT2D eigenvalue weighted by Crippen LogP contribution is 2.54. The number of aryl methyl sites for hydroxylation is 1. The van der Waals surface area contributed by atoms with Crippen molar-refractivity contribution in [2.45, 2.75) is 52.1 Å². The van der Waals surface area contributed by atoms with Crippen LogP contribution in [-0.2, 0) is 10.3 Å². The molecule has 0 aliphatic carbocycles. The average Bonchev–Trinajstić information content (AvgIpc) is 3.23. The number of carbonyl (C=O) groups is 1. The molecule has 2 saturated heterocycles. The molecule has 4 heterocycles. The first kappa shape index (κ1) is 18.4. The van der Waals surface area contributed by atoms with Crippen molar-refractivity contribution < 1.29 is 9.53 Å². The van der Waals surface area contributed by atoms with Gasteiger partial charge < -0.3 is 9.64 Å². The number of anilines is 1. The van der Waals surface area contributed by atoms with Gasteiger partial charge in [0.1, 0.15) is 0 Å². The summed E-state index contributed by atoms with van der Waals surface area (Å²) in [5.74, 6) is 0. The fraction of sp³-hybridized carbons (Fsp3) is 0.632. The minimum absolute atomic E-state index is 0.0264. The van der Waals surface area contributed by atoms with Gasteiger partial charge in [0.15, 0.2) is 5.13 Å². The Morgan fingerprint density at radius 1 is 1.33 bits per heavy atom. The zero-order chi connectivity index (χ0) is 19.2. The largest absolute Gasteiger partial charge is 0.381 e. The van der Waals surface area contributed by atoms with Crippen LogP contribution in [0.2, 0.25) is 0 Å². The smallest absolute Gasteiger partial charge is 0.324 e. The molecule has 146 valence electrons. The van der Waals surface area contributed by atoms with Crippen LogP contribution in [0.3, 0.4) is 0 Å². The number of ether oxygens (including phenoxy) is 1. The number of aromatic nitrogens is 3. The van der Waals surface area contributed by atoms with Gasteiger partial charge in [-0.25, -0.2) is 9.78 Å². The second kappa shape index (κ2) is 6.60. The first-order chi connectivity index (χ1) is 12.8. The second-order valence-corrected chi connectivity index (χ2v) is 9.84. The predicted octanol–water partition coefficient (Wildman–Crippen LogP) is 3.79. The van der Waals surface area contributed by atoms with E-state index in [9.17, 15) is 4.79 Å². The Labute approximate surface area is 163 Å². The molecule has 1 unspecified atom stereocenters. The van der Waals surface area contributed by atoms with Gasteiger partial charge >= 0.3 is 6.03 Å². The number of urea groups is 1. The van der Waals surface area contributed by atoms with Crippen molar-refractivity contribution in [3.8, 4) is 0 Å². The summed E-state index contributed by atoms with van der Waals surface area (Å²) in [7, 11) is 0. The summed E-state index contributed by atoms with van der Waals surface area (Å²) in [4.78, 5) is 20.2. The third-order valence-electron chi connectivity index (χ3n) is 5.57. The fourth-order valence-electron chi connectivity index (χ4n) is 4.09. The first-order valence-corrected chi connectivity index (χ1v) is 10.2. The lowest BCUT2D eigenvalue weighted by atomic mass is 9.64. The Balaban J connectivity index is 1.59. The van der Waals surface area contributed by atoms with Gasteiger partial charge in [0.2, 0.25) is 0 Å². The molecule has 2 fully saturated rings. The van der Waals surface area contributed by atoms with Crippen LogP contribution >= 0.6 is 11.3 Å². The molecule has 2 aliphatic rings. The lowest BCUT2D eigenvalue weighted by Crippen LogP contribution is -2.63. The molecule has 7 nitrogen and oxygen atoms in total. The number of rotatable bonds is 2. The molecule has 2 aromatic heterocycles. The van der Waals surface area contributed by atoms with Gasteiger partial charge in [0.25, 0.3) is 0 Å². The quantitative estimate of drug-likeness (QED) is 0.848. The highest BCUT2D eigenvalue weighted by atomic mass is 32.1. The molecule has 1 N–H and O–H groups in total. The van der Waals surface area contributed by atoms with Crippen molar-refractivity contribution in [2.75, 3.05) is 25.1 Å². The van der Waals surface area contributed by atoms with E-state index in [2.05, 4.69) is 42.4 Å². The van der Waals surface area contributed by atoms with Gasteiger partial charge in [-0.3, -0.25) is 10.00 Å². The van der Waals surface area contributed by atoms with Gasteiger partial charge in [0.05, 0.1) is 17.8 Å². The predicted molar refractivity (Wildman–Crippen MR) is 105 cm³/mol. The number of hydrogen-bond donors (Lipinski definition) is 1. The van der Waals surface area contributed by atoms with E-state index < -0.39 is 0 Å². The molecule has 0 saturated carbocycles. The normalized spacial score (nSPS) is 21.9. The van der Waals surface area contributed by atoms with Crippen molar-refractivity contribution in [3.63, 3.8) is 0 Å². The molecule has 2 aromatic rings.